The van der Waals surface area contributed by atoms with Gasteiger partial charge >= 0.3 is 5.97 Å². The van der Waals surface area contributed by atoms with Crippen LogP contribution in [-0.4, -0.2) is 22.5 Å². The van der Waals surface area contributed by atoms with Gasteiger partial charge in [-0.3, -0.25) is 9.20 Å². The molecule has 3 rings (SSSR count). The van der Waals surface area contributed by atoms with Crippen molar-refractivity contribution >= 4 is 23.2 Å². The summed E-state index contributed by atoms with van der Waals surface area (Å²) in [6, 6.07) is 11.1. The number of rotatable bonds is 4. The third-order valence-corrected chi connectivity index (χ3v) is 3.58. The zero-order valence-electron chi connectivity index (χ0n) is 12.7. The monoisotopic (exact) mass is 344 g/mol. The highest BCUT2D eigenvalue weighted by Gasteiger charge is 2.09. The topological polar surface area (TPSA) is 69.9 Å². The van der Waals surface area contributed by atoms with E-state index < -0.39 is 5.97 Å². The van der Waals surface area contributed by atoms with Gasteiger partial charge in [0.2, 0.25) is 0 Å². The fourth-order valence-electron chi connectivity index (χ4n) is 2.15. The largest absolute Gasteiger partial charge is 0.497 e. The highest BCUT2D eigenvalue weighted by Crippen LogP contribution is 2.13. The number of esters is 1. The molecule has 2 heterocycles. The van der Waals surface area contributed by atoms with Crippen molar-refractivity contribution in [1.29, 1.82) is 0 Å². The maximum Gasteiger partial charge on any atom is 0.338 e. The van der Waals surface area contributed by atoms with Gasteiger partial charge in [0, 0.05) is 12.3 Å². The van der Waals surface area contributed by atoms with Gasteiger partial charge in [0.05, 0.1) is 23.4 Å². The number of aromatic nitrogens is 2. The first-order valence-electron chi connectivity index (χ1n) is 7.06. The normalized spacial score (nSPS) is 10.6. The molecular weight excluding hydrogens is 332 g/mol. The molecule has 0 amide bonds. The summed E-state index contributed by atoms with van der Waals surface area (Å²) in [6.45, 7) is -0.0980. The van der Waals surface area contributed by atoms with E-state index >= 15 is 0 Å². The number of ether oxygens (including phenoxy) is 2. The molecule has 7 heteroatoms. The van der Waals surface area contributed by atoms with Crippen LogP contribution in [0, 0.1) is 0 Å². The first-order chi connectivity index (χ1) is 11.6. The van der Waals surface area contributed by atoms with Crippen LogP contribution in [0.2, 0.25) is 5.02 Å². The number of pyridine rings is 1. The van der Waals surface area contributed by atoms with E-state index in [9.17, 15) is 9.59 Å². The summed E-state index contributed by atoms with van der Waals surface area (Å²) in [6.07, 6.45) is 1.49. The number of fused-ring (bicyclic) bond motifs is 1. The molecular formula is C17H13ClN2O4. The van der Waals surface area contributed by atoms with Crippen LogP contribution in [0.15, 0.2) is 53.5 Å². The van der Waals surface area contributed by atoms with Crippen molar-refractivity contribution in [2.75, 3.05) is 7.11 Å². The van der Waals surface area contributed by atoms with E-state index in [0.29, 0.717) is 27.7 Å². The Labute approximate surface area is 142 Å². The van der Waals surface area contributed by atoms with Gasteiger partial charge in [0.15, 0.2) is 0 Å². The number of carbonyl (C=O) groups is 1. The summed E-state index contributed by atoms with van der Waals surface area (Å²) >= 11 is 5.86. The van der Waals surface area contributed by atoms with E-state index in [-0.39, 0.29) is 12.2 Å². The molecule has 0 spiro atoms. The second kappa shape index (κ2) is 6.72. The Morgan fingerprint density at radius 1 is 1.21 bits per heavy atom. The molecule has 2 aromatic heterocycles. The second-order valence-electron chi connectivity index (χ2n) is 4.97. The van der Waals surface area contributed by atoms with Crippen molar-refractivity contribution in [1.82, 2.24) is 9.38 Å². The number of nitrogens with zero attached hydrogens (tertiary/aromatic N) is 2. The van der Waals surface area contributed by atoms with Crippen LogP contribution in [0.3, 0.4) is 0 Å². The van der Waals surface area contributed by atoms with E-state index in [1.54, 1.807) is 43.5 Å². The zero-order valence-corrected chi connectivity index (χ0v) is 13.5. The molecule has 0 fully saturated rings. The van der Waals surface area contributed by atoms with Gasteiger partial charge in [-0.2, -0.15) is 0 Å². The van der Waals surface area contributed by atoms with E-state index in [4.69, 9.17) is 21.1 Å². The van der Waals surface area contributed by atoms with Crippen molar-refractivity contribution in [3.05, 3.63) is 75.3 Å². The van der Waals surface area contributed by atoms with E-state index in [0.717, 1.165) is 0 Å². The highest BCUT2D eigenvalue weighted by molar-refractivity contribution is 6.30. The van der Waals surface area contributed by atoms with Crippen LogP contribution in [0.4, 0.5) is 0 Å². The van der Waals surface area contributed by atoms with Crippen LogP contribution in [0.25, 0.3) is 5.65 Å². The minimum Gasteiger partial charge on any atom is -0.497 e. The lowest BCUT2D eigenvalue weighted by Crippen LogP contribution is -2.16. The van der Waals surface area contributed by atoms with Gasteiger partial charge in [-0.15, -0.1) is 0 Å². The third kappa shape index (κ3) is 3.38. The molecule has 0 aliphatic carbocycles. The summed E-state index contributed by atoms with van der Waals surface area (Å²) in [7, 11) is 1.55. The smallest absolute Gasteiger partial charge is 0.338 e. The van der Waals surface area contributed by atoms with Gasteiger partial charge in [0.1, 0.15) is 18.0 Å². The molecule has 0 saturated carbocycles. The average Bonchev–Trinajstić information content (AvgIpc) is 2.60. The fraction of sp³-hybridized carbons (Fsp3) is 0.118. The Hall–Kier alpha value is -2.86. The first kappa shape index (κ1) is 16.0. The van der Waals surface area contributed by atoms with Crippen LogP contribution in [0.1, 0.15) is 16.1 Å². The zero-order chi connectivity index (χ0) is 17.1. The van der Waals surface area contributed by atoms with Crippen molar-refractivity contribution in [3.63, 3.8) is 0 Å². The lowest BCUT2D eigenvalue weighted by atomic mass is 10.2. The van der Waals surface area contributed by atoms with Gasteiger partial charge in [0.25, 0.3) is 5.56 Å². The summed E-state index contributed by atoms with van der Waals surface area (Å²) < 4.78 is 11.6. The fourth-order valence-corrected chi connectivity index (χ4v) is 2.31. The Morgan fingerprint density at radius 3 is 2.67 bits per heavy atom. The summed E-state index contributed by atoms with van der Waals surface area (Å²) in [5.41, 5.74) is 0.893. The maximum absolute atomic E-state index is 12.0. The van der Waals surface area contributed by atoms with Crippen LogP contribution in [0.5, 0.6) is 5.75 Å². The molecule has 122 valence electrons. The third-order valence-electron chi connectivity index (χ3n) is 3.35. The van der Waals surface area contributed by atoms with Crippen molar-refractivity contribution in [2.24, 2.45) is 0 Å². The molecule has 0 bridgehead atoms. The Balaban J connectivity index is 1.76. The second-order valence-corrected chi connectivity index (χ2v) is 5.40. The summed E-state index contributed by atoms with van der Waals surface area (Å²) in [5.74, 6) is 0.144. The lowest BCUT2D eigenvalue weighted by Gasteiger charge is -2.07. The van der Waals surface area contributed by atoms with Gasteiger partial charge in [-0.1, -0.05) is 11.6 Å². The standard InChI is InChI=1S/C17H13ClN2O4/c1-23-14-5-2-11(3-6-14)17(22)24-10-13-8-16(21)20-9-12(18)4-7-15(20)19-13/h2-9H,10H2,1H3. The number of hydrogen-bond acceptors (Lipinski definition) is 5. The van der Waals surface area contributed by atoms with E-state index in [1.165, 1.54) is 16.7 Å². The molecule has 0 saturated heterocycles. The van der Waals surface area contributed by atoms with Crippen LogP contribution >= 0.6 is 11.6 Å². The molecule has 0 unspecified atom stereocenters. The predicted molar refractivity (Wildman–Crippen MR) is 88.6 cm³/mol. The average molecular weight is 345 g/mol. The number of methoxy groups -OCH3 is 1. The maximum atomic E-state index is 12.0. The number of carbonyl (C=O) groups excluding carboxylic acids is 1. The minimum absolute atomic E-state index is 0.0980. The lowest BCUT2D eigenvalue weighted by molar-refractivity contribution is 0.0467. The van der Waals surface area contributed by atoms with Crippen molar-refractivity contribution < 1.29 is 14.3 Å². The van der Waals surface area contributed by atoms with Crippen LogP contribution < -0.4 is 10.3 Å². The summed E-state index contributed by atoms with van der Waals surface area (Å²) in [5, 5.41) is 0.435. The molecule has 0 N–H and O–H groups in total. The van der Waals surface area contributed by atoms with Gasteiger partial charge in [-0.25, -0.2) is 9.78 Å². The number of hydrogen-bond donors (Lipinski definition) is 0. The SMILES string of the molecule is COc1ccc(C(=O)OCc2cc(=O)n3cc(Cl)ccc3n2)cc1. The number of benzene rings is 1. The van der Waals surface area contributed by atoms with Crippen molar-refractivity contribution in [2.45, 2.75) is 6.61 Å². The molecule has 1 aromatic carbocycles. The van der Waals surface area contributed by atoms with Gasteiger partial charge in [-0.05, 0) is 36.4 Å². The molecule has 6 nitrogen and oxygen atoms in total. The molecule has 3 aromatic rings. The predicted octanol–water partition coefficient (Wildman–Crippen LogP) is 2.71. The van der Waals surface area contributed by atoms with E-state index in [1.807, 2.05) is 0 Å². The molecule has 24 heavy (non-hydrogen) atoms. The van der Waals surface area contributed by atoms with E-state index in [2.05, 4.69) is 4.98 Å². The van der Waals surface area contributed by atoms with Crippen molar-refractivity contribution in [3.8, 4) is 5.75 Å². The quantitative estimate of drug-likeness (QED) is 0.681. The molecule has 0 atom stereocenters. The van der Waals surface area contributed by atoms with Gasteiger partial charge < -0.3 is 9.47 Å². The molecule has 0 aliphatic rings. The highest BCUT2D eigenvalue weighted by atomic mass is 35.5. The Morgan fingerprint density at radius 2 is 1.96 bits per heavy atom. The number of halogens is 1. The summed E-state index contributed by atoms with van der Waals surface area (Å²) in [4.78, 5) is 28.3. The minimum atomic E-state index is -0.504. The molecule has 0 aliphatic heterocycles. The first-order valence-corrected chi connectivity index (χ1v) is 7.43. The molecule has 0 radical (unpaired) electrons. The van der Waals surface area contributed by atoms with Crippen LogP contribution in [-0.2, 0) is 11.3 Å². The Bertz CT molecular complexity index is 951. The Kier molecular flexibility index (Phi) is 4.48.